The molecule has 2 saturated carbocycles. The zero-order valence-corrected chi connectivity index (χ0v) is 28.2. The first-order chi connectivity index (χ1) is 21.7. The van der Waals surface area contributed by atoms with E-state index >= 15 is 0 Å². The summed E-state index contributed by atoms with van der Waals surface area (Å²) in [5, 5.41) is 0. The van der Waals surface area contributed by atoms with E-state index in [1.807, 2.05) is 0 Å². The predicted octanol–water partition coefficient (Wildman–Crippen LogP) is 11.8. The Hall–Kier alpha value is -3.16. The van der Waals surface area contributed by atoms with Crippen LogP contribution < -0.4 is 0 Å². The zero-order valence-electron chi connectivity index (χ0n) is 28.2. The molecule has 1 nitrogen and oxygen atoms in total. The summed E-state index contributed by atoms with van der Waals surface area (Å²) in [6.45, 7) is 12.5. The van der Waals surface area contributed by atoms with Gasteiger partial charge in [0.15, 0.2) is 0 Å². The smallest absolute Gasteiger partial charge is 0.0598 e. The summed E-state index contributed by atoms with van der Waals surface area (Å²) in [6, 6.07) is 29.4. The second kappa shape index (κ2) is 11.6. The van der Waals surface area contributed by atoms with Gasteiger partial charge in [0.05, 0.1) is 5.60 Å². The maximum atomic E-state index is 6.05. The van der Waals surface area contributed by atoms with Crippen molar-refractivity contribution >= 4 is 11.6 Å². The Morgan fingerprint density at radius 3 is 2.27 bits per heavy atom. The van der Waals surface area contributed by atoms with Crippen LogP contribution in [0.1, 0.15) is 103 Å². The molecule has 0 amide bonds. The van der Waals surface area contributed by atoms with E-state index in [9.17, 15) is 0 Å². The van der Waals surface area contributed by atoms with E-state index in [1.165, 1.54) is 67.2 Å². The third kappa shape index (κ3) is 4.84. The van der Waals surface area contributed by atoms with Gasteiger partial charge in [0.2, 0.25) is 0 Å². The Labute approximate surface area is 272 Å². The molecule has 4 aliphatic rings. The molecule has 5 unspecified atom stereocenters. The summed E-state index contributed by atoms with van der Waals surface area (Å²) in [4.78, 5) is 0. The van der Waals surface area contributed by atoms with Crippen LogP contribution in [0.2, 0.25) is 0 Å². The predicted molar refractivity (Wildman–Crippen MR) is 191 cm³/mol. The van der Waals surface area contributed by atoms with E-state index in [2.05, 4.69) is 138 Å². The number of unbranched alkanes of at least 4 members (excludes halogenated alkanes) is 3. The molecular formula is C44H52O. The Kier molecular flexibility index (Phi) is 7.84. The van der Waals surface area contributed by atoms with Crippen molar-refractivity contribution in [1.29, 1.82) is 0 Å². The fourth-order valence-electron chi connectivity index (χ4n) is 10.4. The number of ether oxygens (including phenoxy) is 1. The maximum absolute atomic E-state index is 6.05. The Morgan fingerprint density at radius 2 is 1.53 bits per heavy atom. The Balaban J connectivity index is 1.22. The van der Waals surface area contributed by atoms with Crippen LogP contribution in [0.5, 0.6) is 0 Å². The zero-order chi connectivity index (χ0) is 31.3. The molecule has 0 aromatic heterocycles. The first-order valence-electron chi connectivity index (χ1n) is 17.7. The van der Waals surface area contributed by atoms with Gasteiger partial charge < -0.3 is 4.74 Å². The van der Waals surface area contributed by atoms with Crippen molar-refractivity contribution < 1.29 is 4.74 Å². The van der Waals surface area contributed by atoms with Gasteiger partial charge in [-0.2, -0.15) is 0 Å². The minimum Gasteiger partial charge on any atom is -0.376 e. The summed E-state index contributed by atoms with van der Waals surface area (Å²) in [7, 11) is 0. The van der Waals surface area contributed by atoms with Gasteiger partial charge in [0.25, 0.3) is 0 Å². The minimum absolute atomic E-state index is 0.0456. The highest BCUT2D eigenvalue weighted by Crippen LogP contribution is 2.82. The van der Waals surface area contributed by atoms with Crippen LogP contribution in [-0.2, 0) is 10.2 Å². The number of allylic oxidation sites excluding steroid dienone is 5. The van der Waals surface area contributed by atoms with Crippen LogP contribution in [0.3, 0.4) is 0 Å². The van der Waals surface area contributed by atoms with Gasteiger partial charge in [-0.25, -0.2) is 0 Å². The lowest BCUT2D eigenvalue weighted by Gasteiger charge is -2.72. The van der Waals surface area contributed by atoms with Crippen LogP contribution in [0.15, 0.2) is 103 Å². The lowest BCUT2D eigenvalue weighted by Crippen LogP contribution is -2.68. The molecule has 1 heteroatoms. The molecular weight excluding hydrogens is 544 g/mol. The van der Waals surface area contributed by atoms with E-state index in [1.54, 1.807) is 16.7 Å². The summed E-state index contributed by atoms with van der Waals surface area (Å²) >= 11 is 0. The topological polar surface area (TPSA) is 9.23 Å². The lowest BCUT2D eigenvalue weighted by atomic mass is 9.31. The van der Waals surface area contributed by atoms with Gasteiger partial charge in [-0.1, -0.05) is 135 Å². The van der Waals surface area contributed by atoms with Crippen molar-refractivity contribution in [3.05, 3.63) is 119 Å². The maximum Gasteiger partial charge on any atom is 0.0598 e. The molecule has 3 aromatic carbocycles. The second-order valence-corrected chi connectivity index (χ2v) is 15.7. The third-order valence-electron chi connectivity index (χ3n) is 12.5. The van der Waals surface area contributed by atoms with Gasteiger partial charge in [-0.05, 0) is 116 Å². The summed E-state index contributed by atoms with van der Waals surface area (Å²) < 4.78 is 6.05. The first-order valence-corrected chi connectivity index (χ1v) is 17.7. The second-order valence-electron chi connectivity index (χ2n) is 15.7. The molecule has 2 spiro atoms. The average Bonchev–Trinajstić information content (AvgIpc) is 3.59. The molecule has 5 atom stereocenters. The van der Waals surface area contributed by atoms with Crippen molar-refractivity contribution in [2.24, 2.45) is 22.7 Å². The van der Waals surface area contributed by atoms with Gasteiger partial charge >= 0.3 is 0 Å². The third-order valence-corrected chi connectivity index (χ3v) is 12.5. The largest absolute Gasteiger partial charge is 0.376 e. The number of hydrogen-bond donors (Lipinski definition) is 0. The van der Waals surface area contributed by atoms with Crippen molar-refractivity contribution in [3.8, 4) is 11.1 Å². The van der Waals surface area contributed by atoms with Crippen LogP contribution in [0, 0.1) is 22.7 Å². The van der Waals surface area contributed by atoms with Crippen LogP contribution in [-0.4, -0.2) is 12.2 Å². The normalized spacial score (nSPS) is 29.8. The molecule has 3 aromatic rings. The van der Waals surface area contributed by atoms with Crippen molar-refractivity contribution in [1.82, 2.24) is 0 Å². The molecule has 0 aliphatic heterocycles. The Bertz CT molecular complexity index is 1620. The molecule has 0 heterocycles. The van der Waals surface area contributed by atoms with Crippen molar-refractivity contribution in [3.63, 3.8) is 0 Å². The first kappa shape index (κ1) is 30.5. The fourth-order valence-corrected chi connectivity index (χ4v) is 10.4. The SMILES string of the molecule is CC1=Cc2c(-c3ccccc3)cccc2C12CC1(CCC3C(c4ccccc4)=CC=CC31)C2(C)CCCCCCOC(C)(C)C. The minimum atomic E-state index is -0.0456. The Morgan fingerprint density at radius 1 is 0.822 bits per heavy atom. The quantitative estimate of drug-likeness (QED) is 0.223. The number of benzene rings is 3. The highest BCUT2D eigenvalue weighted by molar-refractivity contribution is 5.84. The highest BCUT2D eigenvalue weighted by Gasteiger charge is 2.76. The van der Waals surface area contributed by atoms with E-state index in [0.717, 1.165) is 13.0 Å². The van der Waals surface area contributed by atoms with Crippen LogP contribution in [0.4, 0.5) is 0 Å². The van der Waals surface area contributed by atoms with Gasteiger partial charge in [0.1, 0.15) is 0 Å². The monoisotopic (exact) mass is 596 g/mol. The summed E-state index contributed by atoms with van der Waals surface area (Å²) in [5.74, 6) is 1.21. The van der Waals surface area contributed by atoms with Gasteiger partial charge in [0, 0.05) is 12.0 Å². The molecule has 0 saturated heterocycles. The summed E-state index contributed by atoms with van der Waals surface area (Å²) in [6.07, 6.45) is 20.2. The fraction of sp³-hybridized carbons (Fsp3) is 0.455. The van der Waals surface area contributed by atoms with Crippen molar-refractivity contribution in [2.75, 3.05) is 6.61 Å². The molecule has 45 heavy (non-hydrogen) atoms. The van der Waals surface area contributed by atoms with Crippen LogP contribution in [0.25, 0.3) is 22.8 Å². The van der Waals surface area contributed by atoms with E-state index in [4.69, 9.17) is 4.74 Å². The van der Waals surface area contributed by atoms with Crippen molar-refractivity contribution in [2.45, 2.75) is 97.0 Å². The molecule has 2 fully saturated rings. The van der Waals surface area contributed by atoms with E-state index in [-0.39, 0.29) is 16.4 Å². The average molecular weight is 597 g/mol. The molecule has 0 radical (unpaired) electrons. The van der Waals surface area contributed by atoms with Crippen LogP contribution >= 0.6 is 0 Å². The lowest BCUT2D eigenvalue weighted by molar-refractivity contribution is -0.163. The van der Waals surface area contributed by atoms with E-state index < -0.39 is 0 Å². The number of rotatable bonds is 9. The van der Waals surface area contributed by atoms with Gasteiger partial charge in [-0.15, -0.1) is 0 Å². The molecule has 7 rings (SSSR count). The molecule has 0 bridgehead atoms. The molecule has 234 valence electrons. The standard InChI is InChI=1S/C44H52O/c1-32-30-38-36(34-20-12-9-13-21-34)23-17-25-40(38)44(32)31-43(42(44,5)27-14-6-7-15-29-45-41(2,3)4)28-26-37-35(22-16-24-39(37)43)33-18-10-8-11-19-33/h8-13,16-25,30,37,39H,6-7,14-15,26-29,31H2,1-5H3. The molecule has 0 N–H and O–H groups in total. The highest BCUT2D eigenvalue weighted by atomic mass is 16.5. The van der Waals surface area contributed by atoms with E-state index in [0.29, 0.717) is 17.3 Å². The summed E-state index contributed by atoms with van der Waals surface area (Å²) in [5.41, 5.74) is 10.9. The number of fused-ring (bicyclic) bond motifs is 4. The number of hydrogen-bond acceptors (Lipinski definition) is 1. The van der Waals surface area contributed by atoms with Gasteiger partial charge in [-0.3, -0.25) is 0 Å². The molecule has 4 aliphatic carbocycles.